The van der Waals surface area contributed by atoms with Gasteiger partial charge in [0.05, 0.1) is 31.6 Å². The Morgan fingerprint density at radius 2 is 2.04 bits per heavy atom. The molecule has 0 aliphatic carbocycles. The summed E-state index contributed by atoms with van der Waals surface area (Å²) in [5.41, 5.74) is 4.94. The molecule has 0 radical (unpaired) electrons. The maximum absolute atomic E-state index is 11.7. The molecule has 1 aliphatic heterocycles. The van der Waals surface area contributed by atoms with Crippen LogP contribution in [0, 0.1) is 0 Å². The van der Waals surface area contributed by atoms with E-state index in [-0.39, 0.29) is 12.5 Å². The number of hydrogen-bond donors (Lipinski definition) is 2. The lowest BCUT2D eigenvalue weighted by molar-refractivity contribution is -0.126. The largest absolute Gasteiger partial charge is 0.394 e. The number of aryl methyl sites for hydroxylation is 1. The average Bonchev–Trinajstić information content (AvgIpc) is 3.28. The summed E-state index contributed by atoms with van der Waals surface area (Å²) in [6, 6.07) is 8.00. The second-order valence-electron chi connectivity index (χ2n) is 6.72. The molecule has 0 saturated heterocycles. The third kappa shape index (κ3) is 3.41. The first-order valence-electron chi connectivity index (χ1n) is 9.07. The van der Waals surface area contributed by atoms with Crippen LogP contribution in [0.1, 0.15) is 18.2 Å². The molecule has 3 aromatic rings. The third-order valence-electron chi connectivity index (χ3n) is 4.78. The van der Waals surface area contributed by atoms with Gasteiger partial charge in [-0.3, -0.25) is 14.2 Å². The fraction of sp³-hybridized carbons (Fsp3) is 0.250. The van der Waals surface area contributed by atoms with Gasteiger partial charge in [0.1, 0.15) is 0 Å². The van der Waals surface area contributed by atoms with Gasteiger partial charge in [0.15, 0.2) is 5.82 Å². The Labute approximate surface area is 162 Å². The molecule has 0 atom stereocenters. The summed E-state index contributed by atoms with van der Waals surface area (Å²) in [4.78, 5) is 13.4. The summed E-state index contributed by atoms with van der Waals surface area (Å²) >= 11 is 0. The zero-order valence-electron chi connectivity index (χ0n) is 15.8. The van der Waals surface area contributed by atoms with E-state index in [1.165, 1.54) is 0 Å². The summed E-state index contributed by atoms with van der Waals surface area (Å²) in [7, 11) is 1.89. The van der Waals surface area contributed by atoms with E-state index in [0.29, 0.717) is 13.1 Å². The van der Waals surface area contributed by atoms with E-state index in [2.05, 4.69) is 15.5 Å². The van der Waals surface area contributed by atoms with E-state index in [9.17, 15) is 4.79 Å². The van der Waals surface area contributed by atoms with Crippen LogP contribution in [-0.4, -0.2) is 42.1 Å². The number of amides is 1. The number of nitrogens with one attached hydrogen (secondary N) is 1. The van der Waals surface area contributed by atoms with Gasteiger partial charge in [-0.15, -0.1) is 0 Å². The second-order valence-corrected chi connectivity index (χ2v) is 6.72. The molecule has 8 heteroatoms. The van der Waals surface area contributed by atoms with Crippen molar-refractivity contribution < 1.29 is 9.90 Å². The number of aliphatic hydroxyl groups is 1. The van der Waals surface area contributed by atoms with Crippen LogP contribution in [0.3, 0.4) is 0 Å². The van der Waals surface area contributed by atoms with Crippen molar-refractivity contribution in [2.24, 2.45) is 7.05 Å². The van der Waals surface area contributed by atoms with E-state index in [1.54, 1.807) is 28.9 Å². The molecule has 2 N–H and O–H groups in total. The molecule has 0 spiro atoms. The number of carbonyl (C=O) groups excluding carboxylic acids is 1. The molecule has 144 valence electrons. The molecule has 1 aliphatic rings. The van der Waals surface area contributed by atoms with Crippen LogP contribution in [0.4, 0.5) is 11.5 Å². The summed E-state index contributed by atoms with van der Waals surface area (Å²) in [6.07, 6.45) is 7.40. The molecule has 0 saturated carbocycles. The van der Waals surface area contributed by atoms with Gasteiger partial charge in [-0.25, -0.2) is 0 Å². The Kier molecular flexibility index (Phi) is 4.70. The fourth-order valence-electron chi connectivity index (χ4n) is 3.27. The topological polar surface area (TPSA) is 88.2 Å². The lowest BCUT2D eigenvalue weighted by atomic mass is 10.1. The van der Waals surface area contributed by atoms with Gasteiger partial charge in [0, 0.05) is 43.2 Å². The van der Waals surface area contributed by atoms with Crippen molar-refractivity contribution >= 4 is 23.5 Å². The van der Waals surface area contributed by atoms with Gasteiger partial charge in [0.25, 0.3) is 0 Å². The Balaban J connectivity index is 1.54. The van der Waals surface area contributed by atoms with Gasteiger partial charge in [-0.1, -0.05) is 12.1 Å². The van der Waals surface area contributed by atoms with Crippen LogP contribution < -0.4 is 5.32 Å². The first kappa shape index (κ1) is 18.0. The Morgan fingerprint density at radius 3 is 2.75 bits per heavy atom. The normalized spacial score (nSPS) is 12.9. The van der Waals surface area contributed by atoms with Crippen molar-refractivity contribution in [1.82, 2.24) is 24.5 Å². The summed E-state index contributed by atoms with van der Waals surface area (Å²) < 4.78 is 3.53. The summed E-state index contributed by atoms with van der Waals surface area (Å²) in [5, 5.41) is 21.2. The molecule has 3 heterocycles. The molecular formula is C20H22N6O2. The standard InChI is InChI=1S/C20H22N6O2/c1-14(28)25-8-7-19-18(13-25)20(23-24(19)2)22-17-5-3-15(4-6-17)16-11-21-26(12-16)9-10-27/h3-8,11-12,27H,9-10,13H2,1-2H3,(H,22,23). The van der Waals surface area contributed by atoms with Gasteiger partial charge in [-0.05, 0) is 23.8 Å². The number of carbonyl (C=O) groups is 1. The van der Waals surface area contributed by atoms with Crippen LogP contribution in [0.2, 0.25) is 0 Å². The van der Waals surface area contributed by atoms with Crippen molar-refractivity contribution in [2.45, 2.75) is 20.0 Å². The molecule has 4 rings (SSSR count). The minimum Gasteiger partial charge on any atom is -0.394 e. The Bertz CT molecular complexity index is 1030. The van der Waals surface area contributed by atoms with E-state index in [0.717, 1.165) is 33.9 Å². The number of rotatable bonds is 5. The third-order valence-corrected chi connectivity index (χ3v) is 4.78. The lowest BCUT2D eigenvalue weighted by Crippen LogP contribution is -2.25. The van der Waals surface area contributed by atoms with Crippen molar-refractivity contribution in [3.05, 3.63) is 54.1 Å². The van der Waals surface area contributed by atoms with Gasteiger partial charge >= 0.3 is 0 Å². The Morgan fingerprint density at radius 1 is 1.25 bits per heavy atom. The van der Waals surface area contributed by atoms with Crippen molar-refractivity contribution in [3.8, 4) is 11.1 Å². The van der Waals surface area contributed by atoms with Crippen molar-refractivity contribution in [2.75, 3.05) is 11.9 Å². The number of hydrogen-bond acceptors (Lipinski definition) is 5. The van der Waals surface area contributed by atoms with E-state index >= 15 is 0 Å². The molecule has 2 aromatic heterocycles. The second kappa shape index (κ2) is 7.32. The molecule has 8 nitrogen and oxygen atoms in total. The van der Waals surface area contributed by atoms with Gasteiger partial charge in [-0.2, -0.15) is 10.2 Å². The van der Waals surface area contributed by atoms with E-state index in [1.807, 2.05) is 48.3 Å². The number of fused-ring (bicyclic) bond motifs is 1. The number of aromatic nitrogens is 4. The monoisotopic (exact) mass is 378 g/mol. The number of anilines is 2. The van der Waals surface area contributed by atoms with Crippen LogP contribution in [0.15, 0.2) is 42.9 Å². The molecule has 0 unspecified atom stereocenters. The zero-order chi connectivity index (χ0) is 19.7. The van der Waals surface area contributed by atoms with Crippen LogP contribution >= 0.6 is 0 Å². The highest BCUT2D eigenvalue weighted by Gasteiger charge is 2.21. The Hall–Kier alpha value is -3.39. The lowest BCUT2D eigenvalue weighted by Gasteiger charge is -2.21. The van der Waals surface area contributed by atoms with Gasteiger partial charge in [0.2, 0.25) is 5.91 Å². The molecule has 1 aromatic carbocycles. The zero-order valence-corrected chi connectivity index (χ0v) is 15.8. The quantitative estimate of drug-likeness (QED) is 0.712. The highest BCUT2D eigenvalue weighted by atomic mass is 16.3. The molecular weight excluding hydrogens is 356 g/mol. The predicted molar refractivity (Wildman–Crippen MR) is 106 cm³/mol. The van der Waals surface area contributed by atoms with E-state index < -0.39 is 0 Å². The van der Waals surface area contributed by atoms with Crippen LogP contribution in [-0.2, 0) is 24.9 Å². The fourth-order valence-corrected chi connectivity index (χ4v) is 3.27. The minimum absolute atomic E-state index is 0.00259. The maximum Gasteiger partial charge on any atom is 0.223 e. The molecule has 0 bridgehead atoms. The summed E-state index contributed by atoms with van der Waals surface area (Å²) in [5.74, 6) is 0.749. The number of nitrogens with zero attached hydrogens (tertiary/aromatic N) is 5. The minimum atomic E-state index is 0.00259. The highest BCUT2D eigenvalue weighted by Crippen LogP contribution is 2.29. The molecule has 0 fully saturated rings. The van der Waals surface area contributed by atoms with Crippen LogP contribution in [0.5, 0.6) is 0 Å². The number of aliphatic hydroxyl groups excluding tert-OH is 1. The molecule has 28 heavy (non-hydrogen) atoms. The first-order valence-corrected chi connectivity index (χ1v) is 9.07. The SMILES string of the molecule is CC(=O)N1C=Cc2c(c(Nc3ccc(-c4cnn(CCO)c4)cc3)nn2C)C1. The smallest absolute Gasteiger partial charge is 0.223 e. The summed E-state index contributed by atoms with van der Waals surface area (Å²) in [6.45, 7) is 2.60. The van der Waals surface area contributed by atoms with Gasteiger partial charge < -0.3 is 15.3 Å². The van der Waals surface area contributed by atoms with Crippen molar-refractivity contribution in [1.29, 1.82) is 0 Å². The number of benzene rings is 1. The van der Waals surface area contributed by atoms with E-state index in [4.69, 9.17) is 5.11 Å². The van der Waals surface area contributed by atoms with Crippen LogP contribution in [0.25, 0.3) is 17.2 Å². The average molecular weight is 378 g/mol. The first-order chi connectivity index (χ1) is 13.5. The predicted octanol–water partition coefficient (Wildman–Crippen LogP) is 2.35. The maximum atomic E-state index is 11.7. The molecule has 1 amide bonds. The van der Waals surface area contributed by atoms with Crippen molar-refractivity contribution in [3.63, 3.8) is 0 Å². The highest BCUT2D eigenvalue weighted by molar-refractivity contribution is 5.78.